The van der Waals surface area contributed by atoms with Crippen LogP contribution in [0.15, 0.2) is 11.6 Å². The molecule has 0 unspecified atom stereocenters. The van der Waals surface area contributed by atoms with Crippen molar-refractivity contribution in [2.75, 3.05) is 0 Å². The topological polar surface area (TPSA) is 43.4 Å². The van der Waals surface area contributed by atoms with Crippen molar-refractivity contribution < 1.29 is 14.3 Å². The second kappa shape index (κ2) is 6.94. The Kier molecular flexibility index (Phi) is 4.80. The van der Waals surface area contributed by atoms with Crippen molar-refractivity contribution in [1.29, 1.82) is 0 Å². The summed E-state index contributed by atoms with van der Waals surface area (Å²) in [5.41, 5.74) is 1.97. The number of esters is 1. The third-order valence-corrected chi connectivity index (χ3v) is 11.0. The number of fused-ring (bicyclic) bond motifs is 7. The number of hydrogen-bond acceptors (Lipinski definition) is 3. The van der Waals surface area contributed by atoms with Gasteiger partial charge in [-0.2, -0.15) is 0 Å². The Morgan fingerprint density at radius 3 is 2.53 bits per heavy atom. The molecule has 0 aromatic heterocycles. The van der Waals surface area contributed by atoms with E-state index in [2.05, 4.69) is 19.9 Å². The Balaban J connectivity index is 1.46. The summed E-state index contributed by atoms with van der Waals surface area (Å²) in [5.74, 6) is 3.13. The quantitative estimate of drug-likeness (QED) is 0.397. The number of carbonyl (C=O) groups excluding carboxylic acids is 2. The zero-order chi connectivity index (χ0) is 21.3. The molecule has 0 radical (unpaired) electrons. The average Bonchev–Trinajstić information content (AvgIpc) is 2.98. The lowest BCUT2D eigenvalue weighted by Crippen LogP contribution is -2.55. The maximum Gasteiger partial charge on any atom is 0.302 e. The van der Waals surface area contributed by atoms with Gasteiger partial charge in [-0.15, -0.1) is 0 Å². The van der Waals surface area contributed by atoms with Crippen molar-refractivity contribution in [2.45, 2.75) is 104 Å². The minimum Gasteiger partial charge on any atom is -0.462 e. The van der Waals surface area contributed by atoms with E-state index in [4.69, 9.17) is 4.74 Å². The van der Waals surface area contributed by atoms with Crippen LogP contribution in [-0.4, -0.2) is 17.9 Å². The third-order valence-electron chi connectivity index (χ3n) is 11.0. The summed E-state index contributed by atoms with van der Waals surface area (Å²) in [6.45, 7) is 8.46. The van der Waals surface area contributed by atoms with Gasteiger partial charge in [-0.05, 0) is 92.8 Å². The highest BCUT2D eigenvalue weighted by Crippen LogP contribution is 2.73. The molecule has 0 amide bonds. The van der Waals surface area contributed by atoms with E-state index in [1.807, 2.05) is 6.92 Å². The summed E-state index contributed by atoms with van der Waals surface area (Å²) < 4.78 is 5.59. The Morgan fingerprint density at radius 1 is 1.00 bits per heavy atom. The van der Waals surface area contributed by atoms with Crippen molar-refractivity contribution >= 4 is 11.8 Å². The van der Waals surface area contributed by atoms with Gasteiger partial charge in [-0.3, -0.25) is 9.59 Å². The van der Waals surface area contributed by atoms with Gasteiger partial charge in [0.1, 0.15) is 11.9 Å². The van der Waals surface area contributed by atoms with Crippen molar-refractivity contribution in [1.82, 2.24) is 0 Å². The molecule has 5 rings (SSSR count). The highest BCUT2D eigenvalue weighted by molar-refractivity contribution is 5.84. The van der Waals surface area contributed by atoms with E-state index < -0.39 is 0 Å². The van der Waals surface area contributed by atoms with Crippen molar-refractivity contribution in [3.05, 3.63) is 11.6 Å². The van der Waals surface area contributed by atoms with Crippen LogP contribution in [0.2, 0.25) is 0 Å². The van der Waals surface area contributed by atoms with Gasteiger partial charge in [0.15, 0.2) is 0 Å². The number of ether oxygens (including phenoxy) is 1. The van der Waals surface area contributed by atoms with Crippen molar-refractivity contribution in [2.24, 2.45) is 39.9 Å². The van der Waals surface area contributed by atoms with E-state index in [0.29, 0.717) is 17.6 Å². The highest BCUT2D eigenvalue weighted by atomic mass is 16.5. The monoisotopic (exact) mass is 412 g/mol. The summed E-state index contributed by atoms with van der Waals surface area (Å²) in [4.78, 5) is 24.7. The zero-order valence-electron chi connectivity index (χ0n) is 19.5. The van der Waals surface area contributed by atoms with Crippen LogP contribution in [0.25, 0.3) is 0 Å². The van der Waals surface area contributed by atoms with E-state index in [-0.39, 0.29) is 28.3 Å². The molecular weight excluding hydrogens is 372 g/mol. The van der Waals surface area contributed by atoms with E-state index in [0.717, 1.165) is 37.5 Å². The lowest BCUT2D eigenvalue weighted by Gasteiger charge is -2.60. The number of allylic oxidation sites excluding steroid dienone is 1. The molecule has 0 saturated heterocycles. The van der Waals surface area contributed by atoms with Gasteiger partial charge in [0.25, 0.3) is 0 Å². The Labute approximate surface area is 182 Å². The maximum absolute atomic E-state index is 13.2. The molecule has 4 fully saturated rings. The standard InChI is InChI=1S/C27H40O3/c1-17(28)27-12-6-5-7-20(27)16-24-22-9-8-19-15-21(30-18(2)29)10-13-25(19,3)23(22)11-14-26(24,27)4/h8,20-24H,5-7,9-16H2,1-4H3/t20-,21+,22-,23+,24+,25+,26+,27-/m1/s1. The second-order valence-corrected chi connectivity index (χ2v) is 11.9. The molecule has 0 aliphatic heterocycles. The predicted octanol–water partition coefficient (Wildman–Crippen LogP) is 6.26. The number of rotatable bonds is 2. The molecule has 0 heterocycles. The fourth-order valence-corrected chi connectivity index (χ4v) is 9.76. The Hall–Kier alpha value is -1.12. The van der Waals surface area contributed by atoms with Crippen LogP contribution >= 0.6 is 0 Å². The first-order chi connectivity index (χ1) is 14.2. The van der Waals surface area contributed by atoms with Crippen LogP contribution in [0.4, 0.5) is 0 Å². The van der Waals surface area contributed by atoms with Gasteiger partial charge >= 0.3 is 5.97 Å². The molecular formula is C27H40O3. The van der Waals surface area contributed by atoms with E-state index in [9.17, 15) is 9.59 Å². The average molecular weight is 413 g/mol. The molecule has 3 heteroatoms. The summed E-state index contributed by atoms with van der Waals surface area (Å²) >= 11 is 0. The van der Waals surface area contributed by atoms with Gasteiger partial charge in [-0.1, -0.05) is 38.3 Å². The van der Waals surface area contributed by atoms with Crippen LogP contribution in [0.3, 0.4) is 0 Å². The lowest BCUT2D eigenvalue weighted by atomic mass is 9.44. The highest BCUT2D eigenvalue weighted by Gasteiger charge is 2.68. The van der Waals surface area contributed by atoms with Gasteiger partial charge in [0.05, 0.1) is 0 Å². The van der Waals surface area contributed by atoms with Gasteiger partial charge in [-0.25, -0.2) is 0 Å². The number of Topliss-reactive ketones (excluding diaryl/α,β-unsaturated/α-hetero) is 1. The van der Waals surface area contributed by atoms with E-state index in [1.54, 1.807) is 5.57 Å². The first-order valence-corrected chi connectivity index (χ1v) is 12.6. The fourth-order valence-electron chi connectivity index (χ4n) is 9.76. The first kappa shape index (κ1) is 20.8. The molecule has 5 aliphatic rings. The second-order valence-electron chi connectivity index (χ2n) is 11.9. The van der Waals surface area contributed by atoms with Crippen molar-refractivity contribution in [3.8, 4) is 0 Å². The minimum atomic E-state index is -0.144. The first-order valence-electron chi connectivity index (χ1n) is 12.6. The molecule has 0 aromatic carbocycles. The smallest absolute Gasteiger partial charge is 0.302 e. The number of carbonyl (C=O) groups is 2. The minimum absolute atomic E-state index is 0.0429. The molecule has 4 saturated carbocycles. The van der Waals surface area contributed by atoms with Crippen molar-refractivity contribution in [3.63, 3.8) is 0 Å². The molecule has 3 nitrogen and oxygen atoms in total. The lowest BCUT2D eigenvalue weighted by molar-refractivity contribution is -0.151. The molecule has 0 spiro atoms. The normalized spacial score (nSPS) is 49.7. The van der Waals surface area contributed by atoms with Crippen LogP contribution in [0, 0.1) is 39.9 Å². The third kappa shape index (κ3) is 2.62. The van der Waals surface area contributed by atoms with Gasteiger partial charge in [0.2, 0.25) is 0 Å². The summed E-state index contributed by atoms with van der Waals surface area (Å²) in [6.07, 6.45) is 15.6. The van der Waals surface area contributed by atoms with Gasteiger partial charge in [0, 0.05) is 18.8 Å². The summed E-state index contributed by atoms with van der Waals surface area (Å²) in [5, 5.41) is 0. The predicted molar refractivity (Wildman–Crippen MR) is 118 cm³/mol. The summed E-state index contributed by atoms with van der Waals surface area (Å²) in [7, 11) is 0. The maximum atomic E-state index is 13.2. The number of ketones is 1. The van der Waals surface area contributed by atoms with Gasteiger partial charge < -0.3 is 4.74 Å². The zero-order valence-corrected chi connectivity index (χ0v) is 19.5. The Morgan fingerprint density at radius 2 is 1.80 bits per heavy atom. The largest absolute Gasteiger partial charge is 0.462 e. The van der Waals surface area contributed by atoms with Crippen LogP contribution in [0.1, 0.15) is 98.3 Å². The van der Waals surface area contributed by atoms with Crippen LogP contribution in [0.5, 0.6) is 0 Å². The molecule has 0 bridgehead atoms. The molecule has 8 atom stereocenters. The van der Waals surface area contributed by atoms with E-state index in [1.165, 1.54) is 51.9 Å². The molecule has 30 heavy (non-hydrogen) atoms. The SMILES string of the molecule is CC(=O)O[C@H]1CC[C@@]2(C)C(=CC[C@@H]3[C@@H]2CC[C@@]2(C)[C@H]3C[C@H]3CCCC[C@@]32C(C)=O)C1. The molecule has 0 N–H and O–H groups in total. The van der Waals surface area contributed by atoms with E-state index >= 15 is 0 Å². The number of hydrogen-bond donors (Lipinski definition) is 0. The molecule has 166 valence electrons. The molecule has 5 aliphatic carbocycles. The fraction of sp³-hybridized carbons (Fsp3) is 0.852. The molecule has 0 aromatic rings. The Bertz CT molecular complexity index is 783. The van der Waals surface area contributed by atoms with Crippen LogP contribution < -0.4 is 0 Å². The van der Waals surface area contributed by atoms with Crippen LogP contribution in [-0.2, 0) is 14.3 Å². The summed E-state index contributed by atoms with van der Waals surface area (Å²) in [6, 6.07) is 0.